The summed E-state index contributed by atoms with van der Waals surface area (Å²) >= 11 is 0. The first kappa shape index (κ1) is 19.9. The molecule has 2 aromatic carbocycles. The molecule has 0 saturated carbocycles. The number of nitrogens with zero attached hydrogens (tertiary/aromatic N) is 1. The molecule has 6 nitrogen and oxygen atoms in total. The van der Waals surface area contributed by atoms with Crippen LogP contribution in [0, 0.1) is 0 Å². The number of ketones is 1. The van der Waals surface area contributed by atoms with Gasteiger partial charge in [-0.3, -0.25) is 9.59 Å². The van der Waals surface area contributed by atoms with Crippen LogP contribution in [0.4, 0.5) is 11.4 Å². The summed E-state index contributed by atoms with van der Waals surface area (Å²) in [6.07, 6.45) is 0. The van der Waals surface area contributed by atoms with Crippen LogP contribution in [-0.4, -0.2) is 51.0 Å². The zero-order chi connectivity index (χ0) is 19.9. The van der Waals surface area contributed by atoms with Gasteiger partial charge in [-0.25, -0.2) is 0 Å². The number of amides is 1. The number of piperazine rings is 1. The van der Waals surface area contributed by atoms with Gasteiger partial charge >= 0.3 is 0 Å². The number of benzene rings is 2. The van der Waals surface area contributed by atoms with Crippen LogP contribution in [-0.2, 0) is 4.79 Å². The van der Waals surface area contributed by atoms with Gasteiger partial charge in [0.25, 0.3) is 5.91 Å². The highest BCUT2D eigenvalue weighted by molar-refractivity contribution is 5.95. The van der Waals surface area contributed by atoms with Gasteiger partial charge in [0.1, 0.15) is 5.75 Å². The third-order valence-electron chi connectivity index (χ3n) is 4.96. The molecule has 0 radical (unpaired) electrons. The van der Waals surface area contributed by atoms with Gasteiger partial charge in [-0.2, -0.15) is 0 Å². The zero-order valence-corrected chi connectivity index (χ0v) is 16.5. The molecule has 0 atom stereocenters. The summed E-state index contributed by atoms with van der Waals surface area (Å²) in [6, 6.07) is 15.1. The predicted molar refractivity (Wildman–Crippen MR) is 110 cm³/mol. The van der Waals surface area contributed by atoms with Gasteiger partial charge in [-0.1, -0.05) is 12.1 Å². The van der Waals surface area contributed by atoms with E-state index in [0.29, 0.717) is 18.7 Å². The fraction of sp³-hybridized carbons (Fsp3) is 0.364. The molecule has 2 aromatic rings. The SMILES string of the molecule is CCOc1ccccc1N1CC[NH+](CC(=O)Nc2ccc(C(C)=O)cc2)CC1. The summed E-state index contributed by atoms with van der Waals surface area (Å²) < 4.78 is 5.74. The lowest BCUT2D eigenvalue weighted by molar-refractivity contribution is -0.892. The Morgan fingerprint density at radius 3 is 2.39 bits per heavy atom. The zero-order valence-electron chi connectivity index (χ0n) is 16.5. The number of ether oxygens (including phenoxy) is 1. The number of rotatable bonds is 7. The number of hydrogen-bond acceptors (Lipinski definition) is 4. The van der Waals surface area contributed by atoms with Crippen molar-refractivity contribution in [2.45, 2.75) is 13.8 Å². The van der Waals surface area contributed by atoms with Crippen LogP contribution in [0.5, 0.6) is 5.75 Å². The maximum Gasteiger partial charge on any atom is 0.279 e. The summed E-state index contributed by atoms with van der Waals surface area (Å²) in [4.78, 5) is 27.3. The molecule has 6 heteroatoms. The van der Waals surface area contributed by atoms with Crippen LogP contribution in [0.25, 0.3) is 0 Å². The number of carbonyl (C=O) groups excluding carboxylic acids is 2. The summed E-state index contributed by atoms with van der Waals surface area (Å²) in [7, 11) is 0. The van der Waals surface area contributed by atoms with E-state index in [0.717, 1.165) is 43.3 Å². The quantitative estimate of drug-likeness (QED) is 0.715. The van der Waals surface area contributed by atoms with E-state index < -0.39 is 0 Å². The smallest absolute Gasteiger partial charge is 0.279 e. The molecule has 2 N–H and O–H groups in total. The van der Waals surface area contributed by atoms with Gasteiger partial charge in [0.15, 0.2) is 12.3 Å². The average molecular weight is 382 g/mol. The molecule has 0 unspecified atom stereocenters. The molecular weight excluding hydrogens is 354 g/mol. The molecule has 28 heavy (non-hydrogen) atoms. The Balaban J connectivity index is 1.50. The van der Waals surface area contributed by atoms with Crippen molar-refractivity contribution in [3.8, 4) is 5.75 Å². The van der Waals surface area contributed by atoms with Crippen molar-refractivity contribution in [3.63, 3.8) is 0 Å². The maximum absolute atomic E-state index is 12.4. The number of carbonyl (C=O) groups is 2. The normalized spacial score (nSPS) is 14.6. The molecular formula is C22H28N3O3+. The fourth-order valence-corrected chi connectivity index (χ4v) is 3.46. The molecule has 0 aromatic heterocycles. The van der Waals surface area contributed by atoms with Gasteiger partial charge in [0.05, 0.1) is 38.5 Å². The highest BCUT2D eigenvalue weighted by Gasteiger charge is 2.24. The lowest BCUT2D eigenvalue weighted by Gasteiger charge is -2.34. The molecule has 0 aliphatic carbocycles. The summed E-state index contributed by atoms with van der Waals surface area (Å²) in [6.45, 7) is 8.19. The third kappa shape index (κ3) is 5.10. The second-order valence-electron chi connectivity index (χ2n) is 7.00. The lowest BCUT2D eigenvalue weighted by atomic mass is 10.1. The van der Waals surface area contributed by atoms with Crippen molar-refractivity contribution < 1.29 is 19.2 Å². The van der Waals surface area contributed by atoms with Gasteiger partial charge in [-0.05, 0) is 50.2 Å². The monoisotopic (exact) mass is 382 g/mol. The first-order valence-electron chi connectivity index (χ1n) is 9.78. The molecule has 0 bridgehead atoms. The summed E-state index contributed by atoms with van der Waals surface area (Å²) in [5.74, 6) is 0.931. The van der Waals surface area contributed by atoms with E-state index in [-0.39, 0.29) is 11.7 Å². The fourth-order valence-electron chi connectivity index (χ4n) is 3.46. The van der Waals surface area contributed by atoms with Gasteiger partial charge in [0.2, 0.25) is 0 Å². The first-order chi connectivity index (χ1) is 13.6. The highest BCUT2D eigenvalue weighted by atomic mass is 16.5. The number of para-hydroxylation sites is 2. The molecule has 148 valence electrons. The second-order valence-corrected chi connectivity index (χ2v) is 7.00. The number of nitrogens with one attached hydrogen (secondary N) is 2. The maximum atomic E-state index is 12.4. The Morgan fingerprint density at radius 1 is 1.07 bits per heavy atom. The Kier molecular flexibility index (Phi) is 6.66. The van der Waals surface area contributed by atoms with E-state index in [1.54, 1.807) is 24.3 Å². The van der Waals surface area contributed by atoms with Crippen LogP contribution in [0.1, 0.15) is 24.2 Å². The van der Waals surface area contributed by atoms with Crippen molar-refractivity contribution in [2.75, 3.05) is 49.5 Å². The molecule has 3 rings (SSSR count). The molecule has 1 aliphatic heterocycles. The second kappa shape index (κ2) is 9.37. The van der Waals surface area contributed by atoms with Crippen LogP contribution >= 0.6 is 0 Å². The number of hydrogen-bond donors (Lipinski definition) is 2. The highest BCUT2D eigenvalue weighted by Crippen LogP contribution is 2.27. The van der Waals surface area contributed by atoms with Crippen LogP contribution < -0.4 is 19.9 Å². The Hall–Kier alpha value is -2.86. The largest absolute Gasteiger partial charge is 0.492 e. The minimum Gasteiger partial charge on any atom is -0.492 e. The number of anilines is 2. The number of quaternary nitrogens is 1. The minimum atomic E-state index is -0.00579. The van der Waals surface area contributed by atoms with Crippen molar-refractivity contribution >= 4 is 23.1 Å². The van der Waals surface area contributed by atoms with Crippen LogP contribution in [0.15, 0.2) is 48.5 Å². The van der Waals surface area contributed by atoms with Crippen molar-refractivity contribution in [1.29, 1.82) is 0 Å². The van der Waals surface area contributed by atoms with E-state index >= 15 is 0 Å². The van der Waals surface area contributed by atoms with Gasteiger partial charge in [0, 0.05) is 11.3 Å². The van der Waals surface area contributed by atoms with E-state index in [4.69, 9.17) is 4.74 Å². The molecule has 1 amide bonds. The Labute approximate surface area is 166 Å². The standard InChI is InChI=1S/C22H27N3O3/c1-3-28-21-7-5-4-6-20(21)25-14-12-24(13-15-25)16-22(27)23-19-10-8-18(9-11-19)17(2)26/h4-11H,3,12-16H2,1-2H3,(H,23,27)/p+1. The van der Waals surface area contributed by atoms with Crippen LogP contribution in [0.3, 0.4) is 0 Å². The Morgan fingerprint density at radius 2 is 1.75 bits per heavy atom. The predicted octanol–water partition coefficient (Wildman–Crippen LogP) is 1.63. The average Bonchev–Trinajstić information content (AvgIpc) is 2.70. The van der Waals surface area contributed by atoms with E-state index in [2.05, 4.69) is 16.3 Å². The molecule has 1 aliphatic rings. The van der Waals surface area contributed by atoms with Gasteiger partial charge < -0.3 is 19.9 Å². The van der Waals surface area contributed by atoms with Gasteiger partial charge in [-0.15, -0.1) is 0 Å². The molecule has 1 saturated heterocycles. The van der Waals surface area contributed by atoms with Crippen molar-refractivity contribution in [2.24, 2.45) is 0 Å². The van der Waals surface area contributed by atoms with Crippen molar-refractivity contribution in [1.82, 2.24) is 0 Å². The van der Waals surface area contributed by atoms with Crippen LogP contribution in [0.2, 0.25) is 0 Å². The topological polar surface area (TPSA) is 63.1 Å². The Bertz CT molecular complexity index is 812. The van der Waals surface area contributed by atoms with E-state index in [1.165, 1.54) is 11.8 Å². The number of Topliss-reactive ketones (excluding diaryl/α,β-unsaturated/α-hetero) is 1. The molecule has 0 spiro atoms. The summed E-state index contributed by atoms with van der Waals surface area (Å²) in [5, 5.41) is 2.92. The first-order valence-corrected chi connectivity index (χ1v) is 9.78. The third-order valence-corrected chi connectivity index (χ3v) is 4.96. The van der Waals surface area contributed by atoms with E-state index in [9.17, 15) is 9.59 Å². The molecule has 1 heterocycles. The van der Waals surface area contributed by atoms with Crippen molar-refractivity contribution in [3.05, 3.63) is 54.1 Å². The molecule has 1 fully saturated rings. The summed E-state index contributed by atoms with van der Waals surface area (Å²) in [5.41, 5.74) is 2.49. The minimum absolute atomic E-state index is 0.00579. The lowest BCUT2D eigenvalue weighted by Crippen LogP contribution is -3.15. The van der Waals surface area contributed by atoms with E-state index in [1.807, 2.05) is 25.1 Å².